The highest BCUT2D eigenvalue weighted by Gasteiger charge is 2.36. The van der Waals surface area contributed by atoms with E-state index >= 15 is 0 Å². The second kappa shape index (κ2) is 5.48. The van der Waals surface area contributed by atoms with Crippen LogP contribution in [0, 0.1) is 0 Å². The Bertz CT molecular complexity index is 423. The van der Waals surface area contributed by atoms with Gasteiger partial charge in [0.15, 0.2) is 0 Å². The van der Waals surface area contributed by atoms with Crippen LogP contribution in [-0.2, 0) is 6.18 Å². The molecular weight excluding hydrogens is 257 g/mol. The molecule has 1 aromatic rings. The molecule has 3 nitrogen and oxygen atoms in total. The van der Waals surface area contributed by atoms with Crippen LogP contribution in [0.2, 0.25) is 0 Å². The number of nitrogens with one attached hydrogen (secondary N) is 1. The third kappa shape index (κ3) is 3.08. The number of benzene rings is 1. The number of aliphatic hydroxyl groups is 1. The summed E-state index contributed by atoms with van der Waals surface area (Å²) in [6.45, 7) is 3.30. The highest BCUT2D eigenvalue weighted by atomic mass is 19.4. The van der Waals surface area contributed by atoms with E-state index in [1.807, 2.05) is 0 Å². The Labute approximate surface area is 110 Å². The molecule has 0 spiro atoms. The van der Waals surface area contributed by atoms with Gasteiger partial charge in [-0.25, -0.2) is 0 Å². The zero-order chi connectivity index (χ0) is 13.9. The van der Waals surface area contributed by atoms with Gasteiger partial charge in [-0.15, -0.1) is 0 Å². The predicted octanol–water partition coefficient (Wildman–Crippen LogP) is 1.61. The van der Waals surface area contributed by atoms with Gasteiger partial charge in [0.25, 0.3) is 0 Å². The van der Waals surface area contributed by atoms with Crippen LogP contribution >= 0.6 is 0 Å². The topological polar surface area (TPSA) is 32.3 Å². The Morgan fingerprint density at radius 2 is 1.89 bits per heavy atom. The van der Waals surface area contributed by atoms with Gasteiger partial charge in [0.1, 0.15) is 12.2 Å². The maximum atomic E-state index is 12.8. The molecule has 0 atom stereocenters. The molecule has 0 radical (unpaired) electrons. The van der Waals surface area contributed by atoms with Crippen LogP contribution < -0.4 is 9.80 Å². The van der Waals surface area contributed by atoms with Gasteiger partial charge >= 0.3 is 6.18 Å². The number of hydrogen-bond acceptors (Lipinski definition) is 2. The number of alkyl halides is 3. The van der Waals surface area contributed by atoms with Crippen molar-refractivity contribution >= 4 is 5.69 Å². The molecule has 6 heteroatoms. The summed E-state index contributed by atoms with van der Waals surface area (Å²) in [6, 6.07) is 5.45. The monoisotopic (exact) mass is 275 g/mol. The van der Waals surface area contributed by atoms with Crippen LogP contribution in [0.5, 0.6) is 0 Å². The van der Waals surface area contributed by atoms with Gasteiger partial charge in [-0.3, -0.25) is 4.48 Å². The van der Waals surface area contributed by atoms with E-state index in [1.165, 1.54) is 12.1 Å². The first-order valence-corrected chi connectivity index (χ1v) is 6.33. The summed E-state index contributed by atoms with van der Waals surface area (Å²) in [5.41, 5.74) is 0.00403. The maximum absolute atomic E-state index is 12.8. The second-order valence-electron chi connectivity index (χ2n) is 4.84. The lowest BCUT2D eigenvalue weighted by Gasteiger charge is -2.41. The van der Waals surface area contributed by atoms with E-state index < -0.39 is 11.7 Å². The van der Waals surface area contributed by atoms with Crippen molar-refractivity contribution in [2.45, 2.75) is 6.18 Å². The number of quaternary nitrogens is 1. The van der Waals surface area contributed by atoms with Gasteiger partial charge in [-0.2, -0.15) is 13.2 Å². The summed E-state index contributed by atoms with van der Waals surface area (Å²) in [7, 11) is 0. The smallest absolute Gasteiger partial charge is 0.390 e. The molecule has 106 valence electrons. The minimum atomic E-state index is -4.33. The zero-order valence-electron chi connectivity index (χ0n) is 10.6. The first-order chi connectivity index (χ1) is 8.98. The Morgan fingerprint density at radius 3 is 2.47 bits per heavy atom. The van der Waals surface area contributed by atoms with Crippen molar-refractivity contribution in [3.63, 3.8) is 0 Å². The fourth-order valence-corrected chi connectivity index (χ4v) is 2.60. The van der Waals surface area contributed by atoms with Crippen molar-refractivity contribution in [2.24, 2.45) is 0 Å². The lowest BCUT2D eigenvalue weighted by atomic mass is 10.1. The molecule has 0 amide bonds. The molecule has 1 saturated heterocycles. The lowest BCUT2D eigenvalue weighted by Crippen LogP contribution is -2.61. The molecule has 2 rings (SSSR count). The number of rotatable bonds is 3. The van der Waals surface area contributed by atoms with E-state index in [4.69, 9.17) is 0 Å². The molecule has 0 saturated carbocycles. The average Bonchev–Trinajstić information content (AvgIpc) is 2.39. The van der Waals surface area contributed by atoms with Crippen LogP contribution in [-0.4, -0.2) is 44.4 Å². The summed E-state index contributed by atoms with van der Waals surface area (Å²) >= 11 is 0. The fourth-order valence-electron chi connectivity index (χ4n) is 2.60. The second-order valence-corrected chi connectivity index (χ2v) is 4.84. The van der Waals surface area contributed by atoms with Crippen LogP contribution in [0.4, 0.5) is 18.9 Å². The van der Waals surface area contributed by atoms with E-state index in [0.717, 1.165) is 19.2 Å². The van der Waals surface area contributed by atoms with Gasteiger partial charge in [-0.05, 0) is 12.1 Å². The number of hydrogen-bond donors (Lipinski definition) is 2. The molecule has 1 heterocycles. The number of nitrogens with zero attached hydrogens (tertiary/aromatic N) is 1. The first kappa shape index (κ1) is 14.3. The summed E-state index contributed by atoms with van der Waals surface area (Å²) < 4.78 is 38.7. The molecule has 19 heavy (non-hydrogen) atoms. The van der Waals surface area contributed by atoms with Crippen LogP contribution in [0.3, 0.4) is 0 Å². The molecular formula is C13H18F3N2O+. The molecule has 0 aromatic heterocycles. The van der Waals surface area contributed by atoms with E-state index in [9.17, 15) is 18.3 Å². The molecule has 1 aromatic carbocycles. The number of aliphatic hydroxyl groups excluding tert-OH is 1. The van der Waals surface area contributed by atoms with Crippen LogP contribution in [0.15, 0.2) is 24.3 Å². The van der Waals surface area contributed by atoms with Crippen molar-refractivity contribution in [1.29, 1.82) is 0 Å². The van der Waals surface area contributed by atoms with Gasteiger partial charge in [0.05, 0.1) is 25.3 Å². The highest BCUT2D eigenvalue weighted by molar-refractivity contribution is 5.46. The lowest BCUT2D eigenvalue weighted by molar-refractivity contribution is -0.137. The standard InChI is InChI=1S/C13H18F3N2O/c14-13(15,16)11-2-1-3-12(10-11)18(8-9-19)6-4-17-5-7-18/h1-3,10,17,19H,4-9H2/q+1. The van der Waals surface area contributed by atoms with Gasteiger partial charge in [0.2, 0.25) is 0 Å². The quantitative estimate of drug-likeness (QED) is 0.821. The van der Waals surface area contributed by atoms with Gasteiger partial charge < -0.3 is 10.4 Å². The van der Waals surface area contributed by atoms with Crippen molar-refractivity contribution in [3.05, 3.63) is 29.8 Å². The minimum absolute atomic E-state index is 0.0315. The van der Waals surface area contributed by atoms with Crippen molar-refractivity contribution in [1.82, 2.24) is 9.80 Å². The molecule has 0 aliphatic carbocycles. The first-order valence-electron chi connectivity index (χ1n) is 6.33. The molecule has 1 fully saturated rings. The largest absolute Gasteiger partial charge is 0.416 e. The van der Waals surface area contributed by atoms with E-state index in [0.29, 0.717) is 29.8 Å². The minimum Gasteiger partial charge on any atom is -0.390 e. The third-order valence-electron chi connectivity index (χ3n) is 3.68. The molecule has 1 aliphatic rings. The van der Waals surface area contributed by atoms with Crippen LogP contribution in [0.1, 0.15) is 5.56 Å². The van der Waals surface area contributed by atoms with Crippen molar-refractivity contribution < 1.29 is 18.3 Å². The zero-order valence-corrected chi connectivity index (χ0v) is 10.6. The molecule has 1 aliphatic heterocycles. The number of halogens is 3. The average molecular weight is 275 g/mol. The maximum Gasteiger partial charge on any atom is 0.416 e. The number of piperazine rings is 1. The molecule has 0 bridgehead atoms. The fraction of sp³-hybridized carbons (Fsp3) is 0.538. The third-order valence-corrected chi connectivity index (χ3v) is 3.68. The van der Waals surface area contributed by atoms with Gasteiger partial charge in [-0.1, -0.05) is 6.07 Å². The predicted molar refractivity (Wildman–Crippen MR) is 67.8 cm³/mol. The van der Waals surface area contributed by atoms with E-state index in [1.54, 1.807) is 6.07 Å². The van der Waals surface area contributed by atoms with E-state index in [2.05, 4.69) is 5.32 Å². The Hall–Kier alpha value is -1.11. The van der Waals surface area contributed by atoms with E-state index in [-0.39, 0.29) is 6.61 Å². The summed E-state index contributed by atoms with van der Waals surface area (Å²) in [5, 5.41) is 12.4. The molecule has 0 unspecified atom stereocenters. The summed E-state index contributed by atoms with van der Waals surface area (Å²) in [4.78, 5) is 0. The summed E-state index contributed by atoms with van der Waals surface area (Å²) in [6.07, 6.45) is -4.33. The van der Waals surface area contributed by atoms with Crippen LogP contribution in [0.25, 0.3) is 0 Å². The Morgan fingerprint density at radius 1 is 1.21 bits per heavy atom. The Balaban J connectivity index is 2.36. The van der Waals surface area contributed by atoms with Crippen molar-refractivity contribution in [2.75, 3.05) is 39.3 Å². The molecule has 2 N–H and O–H groups in total. The van der Waals surface area contributed by atoms with Crippen molar-refractivity contribution in [3.8, 4) is 0 Å². The highest BCUT2D eigenvalue weighted by Crippen LogP contribution is 2.33. The summed E-state index contributed by atoms with van der Waals surface area (Å²) in [5.74, 6) is 0. The Kier molecular flexibility index (Phi) is 4.13. The normalized spacial score (nSPS) is 19.4. The SMILES string of the molecule is OCC[N+]1(c2cccc(C(F)(F)F)c2)CCNCC1. The van der Waals surface area contributed by atoms with Gasteiger partial charge in [0, 0.05) is 19.2 Å².